The monoisotopic (exact) mass is 329 g/mol. The van der Waals surface area contributed by atoms with Gasteiger partial charge in [0, 0.05) is 25.2 Å². The first kappa shape index (κ1) is 17.1. The number of carbonyl (C=O) groups is 2. The van der Waals surface area contributed by atoms with Crippen molar-refractivity contribution < 1.29 is 22.8 Å². The van der Waals surface area contributed by atoms with Crippen LogP contribution in [0.1, 0.15) is 20.3 Å². The van der Waals surface area contributed by atoms with Gasteiger partial charge in [0.15, 0.2) is 11.6 Å². The van der Waals surface area contributed by atoms with Crippen molar-refractivity contribution >= 4 is 17.6 Å². The third-order valence-corrected chi connectivity index (χ3v) is 3.54. The summed E-state index contributed by atoms with van der Waals surface area (Å²) in [5, 5.41) is 4.87. The van der Waals surface area contributed by atoms with Crippen molar-refractivity contribution in [3.8, 4) is 0 Å². The number of carbonyl (C=O) groups excluding carboxylic acids is 2. The van der Waals surface area contributed by atoms with Gasteiger partial charge in [0.2, 0.25) is 5.91 Å². The first-order valence-electron chi connectivity index (χ1n) is 7.29. The quantitative estimate of drug-likeness (QED) is 0.837. The summed E-state index contributed by atoms with van der Waals surface area (Å²) >= 11 is 0. The fraction of sp³-hybridized carbons (Fsp3) is 0.467. The van der Waals surface area contributed by atoms with Gasteiger partial charge < -0.3 is 15.5 Å². The van der Waals surface area contributed by atoms with Crippen molar-refractivity contribution in [2.75, 3.05) is 18.4 Å². The molecular weight excluding hydrogens is 311 g/mol. The third kappa shape index (κ3) is 3.94. The zero-order chi connectivity index (χ0) is 17.1. The maximum atomic E-state index is 13.6. The van der Waals surface area contributed by atoms with Crippen molar-refractivity contribution in [1.29, 1.82) is 0 Å². The fourth-order valence-electron chi connectivity index (χ4n) is 2.44. The summed E-state index contributed by atoms with van der Waals surface area (Å²) in [5.74, 6) is -3.81. The highest BCUT2D eigenvalue weighted by atomic mass is 19.2. The SMILES string of the molecule is CC(C)C[C@@H]1C(=O)NCCN1C(=O)Nc1cc(F)c(F)cc1F. The molecule has 1 saturated heterocycles. The Morgan fingerprint density at radius 3 is 2.61 bits per heavy atom. The largest absolute Gasteiger partial charge is 0.353 e. The number of rotatable bonds is 3. The molecule has 126 valence electrons. The summed E-state index contributed by atoms with van der Waals surface area (Å²) < 4.78 is 39.7. The first-order valence-corrected chi connectivity index (χ1v) is 7.29. The van der Waals surface area contributed by atoms with Crippen LogP contribution in [0.25, 0.3) is 0 Å². The van der Waals surface area contributed by atoms with E-state index in [9.17, 15) is 22.8 Å². The molecule has 0 bridgehead atoms. The number of anilines is 1. The van der Waals surface area contributed by atoms with Gasteiger partial charge >= 0.3 is 6.03 Å². The minimum atomic E-state index is -1.34. The minimum absolute atomic E-state index is 0.166. The van der Waals surface area contributed by atoms with Gasteiger partial charge in [0.1, 0.15) is 11.9 Å². The first-order chi connectivity index (χ1) is 10.8. The standard InChI is InChI=1S/C15H18F3N3O2/c1-8(2)5-13-14(22)19-3-4-21(13)15(23)20-12-7-10(17)9(16)6-11(12)18/h6-8,13H,3-5H2,1-2H3,(H,19,22)(H,20,23)/t13-/m1/s1. The summed E-state index contributed by atoms with van der Waals surface area (Å²) in [4.78, 5) is 25.5. The lowest BCUT2D eigenvalue weighted by molar-refractivity contribution is -0.128. The summed E-state index contributed by atoms with van der Waals surface area (Å²) in [6.07, 6.45) is 0.444. The Kier molecular flexibility index (Phi) is 5.12. The van der Waals surface area contributed by atoms with Crippen molar-refractivity contribution in [2.24, 2.45) is 5.92 Å². The van der Waals surface area contributed by atoms with Gasteiger partial charge in [0.05, 0.1) is 5.69 Å². The molecule has 0 radical (unpaired) electrons. The predicted molar refractivity (Wildman–Crippen MR) is 78.3 cm³/mol. The summed E-state index contributed by atoms with van der Waals surface area (Å²) in [7, 11) is 0. The zero-order valence-corrected chi connectivity index (χ0v) is 12.8. The second-order valence-corrected chi connectivity index (χ2v) is 5.81. The number of piperazine rings is 1. The lowest BCUT2D eigenvalue weighted by Gasteiger charge is -2.35. The average molecular weight is 329 g/mol. The van der Waals surface area contributed by atoms with Crippen LogP contribution in [0.15, 0.2) is 12.1 Å². The topological polar surface area (TPSA) is 61.4 Å². The number of nitrogens with zero attached hydrogens (tertiary/aromatic N) is 1. The van der Waals surface area contributed by atoms with Gasteiger partial charge in [-0.25, -0.2) is 18.0 Å². The molecule has 0 aliphatic carbocycles. The summed E-state index contributed by atoms with van der Waals surface area (Å²) in [5.41, 5.74) is -0.469. The summed E-state index contributed by atoms with van der Waals surface area (Å²) in [6, 6.07) is -0.476. The van der Waals surface area contributed by atoms with Gasteiger partial charge in [0.25, 0.3) is 0 Å². The van der Waals surface area contributed by atoms with Crippen LogP contribution in [0.2, 0.25) is 0 Å². The van der Waals surface area contributed by atoms with Gasteiger partial charge in [-0.1, -0.05) is 13.8 Å². The van der Waals surface area contributed by atoms with E-state index in [4.69, 9.17) is 0 Å². The highest BCUT2D eigenvalue weighted by Gasteiger charge is 2.33. The van der Waals surface area contributed by atoms with Gasteiger partial charge in [-0.05, 0) is 12.3 Å². The molecule has 0 spiro atoms. The molecule has 1 aromatic rings. The lowest BCUT2D eigenvalue weighted by Crippen LogP contribution is -2.58. The maximum absolute atomic E-state index is 13.6. The molecule has 1 aliphatic heterocycles. The Morgan fingerprint density at radius 1 is 1.30 bits per heavy atom. The molecule has 5 nitrogen and oxygen atoms in total. The van der Waals surface area contributed by atoms with E-state index in [0.717, 1.165) is 0 Å². The van der Waals surface area contributed by atoms with Gasteiger partial charge in [-0.2, -0.15) is 0 Å². The molecule has 8 heteroatoms. The highest BCUT2D eigenvalue weighted by Crippen LogP contribution is 2.21. The van der Waals surface area contributed by atoms with E-state index >= 15 is 0 Å². The van der Waals surface area contributed by atoms with Crippen LogP contribution in [0.3, 0.4) is 0 Å². The van der Waals surface area contributed by atoms with Crippen LogP contribution < -0.4 is 10.6 Å². The van der Waals surface area contributed by atoms with Crippen LogP contribution in [0.4, 0.5) is 23.7 Å². The second-order valence-electron chi connectivity index (χ2n) is 5.81. The molecule has 1 fully saturated rings. The Hall–Kier alpha value is -2.25. The maximum Gasteiger partial charge on any atom is 0.322 e. The molecule has 0 unspecified atom stereocenters. The van der Waals surface area contributed by atoms with E-state index in [1.165, 1.54) is 4.90 Å². The average Bonchev–Trinajstić information content (AvgIpc) is 2.46. The molecule has 23 heavy (non-hydrogen) atoms. The van der Waals surface area contributed by atoms with Crippen LogP contribution in [0.5, 0.6) is 0 Å². The van der Waals surface area contributed by atoms with E-state index in [1.54, 1.807) is 0 Å². The van der Waals surface area contributed by atoms with Crippen molar-refractivity contribution in [2.45, 2.75) is 26.3 Å². The molecule has 2 rings (SSSR count). The number of nitrogens with one attached hydrogen (secondary N) is 2. The van der Waals surface area contributed by atoms with Gasteiger partial charge in [-0.3, -0.25) is 4.79 Å². The van der Waals surface area contributed by atoms with Crippen molar-refractivity contribution in [3.05, 3.63) is 29.6 Å². The second kappa shape index (κ2) is 6.89. The van der Waals surface area contributed by atoms with E-state index in [0.29, 0.717) is 18.6 Å². The molecule has 1 aromatic carbocycles. The molecular formula is C15H18F3N3O2. The molecule has 1 aliphatic rings. The third-order valence-electron chi connectivity index (χ3n) is 3.54. The number of amides is 3. The molecule has 1 heterocycles. The van der Waals surface area contributed by atoms with Crippen molar-refractivity contribution in [1.82, 2.24) is 10.2 Å². The van der Waals surface area contributed by atoms with Gasteiger partial charge in [-0.15, -0.1) is 0 Å². The Morgan fingerprint density at radius 2 is 1.96 bits per heavy atom. The van der Waals surface area contributed by atoms with Crippen LogP contribution in [0, 0.1) is 23.4 Å². The Balaban J connectivity index is 2.18. The molecule has 3 amide bonds. The van der Waals surface area contributed by atoms with Crippen molar-refractivity contribution in [3.63, 3.8) is 0 Å². The van der Waals surface area contributed by atoms with E-state index in [-0.39, 0.29) is 24.9 Å². The molecule has 2 N–H and O–H groups in total. The molecule has 0 saturated carbocycles. The number of hydrogen-bond donors (Lipinski definition) is 2. The lowest BCUT2D eigenvalue weighted by atomic mass is 10.0. The van der Waals surface area contributed by atoms with E-state index < -0.39 is 35.2 Å². The van der Waals surface area contributed by atoms with Crippen LogP contribution in [-0.2, 0) is 4.79 Å². The van der Waals surface area contributed by atoms with Crippen LogP contribution >= 0.6 is 0 Å². The zero-order valence-electron chi connectivity index (χ0n) is 12.8. The Bertz CT molecular complexity index is 622. The number of urea groups is 1. The highest BCUT2D eigenvalue weighted by molar-refractivity contribution is 5.94. The smallest absolute Gasteiger partial charge is 0.322 e. The fourth-order valence-corrected chi connectivity index (χ4v) is 2.44. The number of benzene rings is 1. The number of halogens is 3. The Labute approximate surface area is 131 Å². The minimum Gasteiger partial charge on any atom is -0.353 e. The van der Waals surface area contributed by atoms with E-state index in [2.05, 4.69) is 10.6 Å². The number of hydrogen-bond acceptors (Lipinski definition) is 2. The van der Waals surface area contributed by atoms with E-state index in [1.807, 2.05) is 13.8 Å². The molecule has 1 atom stereocenters. The normalized spacial score (nSPS) is 18.1. The van der Waals surface area contributed by atoms with Crippen LogP contribution in [-0.4, -0.2) is 36.0 Å². The molecule has 0 aromatic heterocycles. The predicted octanol–water partition coefficient (Wildman–Crippen LogP) is 2.48. The summed E-state index contributed by atoms with van der Waals surface area (Å²) in [6.45, 7) is 4.35.